The number of nitrogens with zero attached hydrogens (tertiary/aromatic N) is 4. The first-order valence-electron chi connectivity index (χ1n) is 10.0. The van der Waals surface area contributed by atoms with Gasteiger partial charge in [0.25, 0.3) is 0 Å². The maximum atomic E-state index is 13.7. The third-order valence-electron chi connectivity index (χ3n) is 5.07. The lowest BCUT2D eigenvalue weighted by atomic mass is 10.2. The summed E-state index contributed by atoms with van der Waals surface area (Å²) in [6.07, 6.45) is 2.42. The van der Waals surface area contributed by atoms with Crippen molar-refractivity contribution in [3.63, 3.8) is 0 Å². The molecule has 1 fully saturated rings. The Morgan fingerprint density at radius 1 is 1.13 bits per heavy atom. The zero-order chi connectivity index (χ0) is 20.9. The fraction of sp³-hybridized carbons (Fsp3) is 0.318. The van der Waals surface area contributed by atoms with E-state index in [2.05, 4.69) is 20.4 Å². The summed E-state index contributed by atoms with van der Waals surface area (Å²) in [6, 6.07) is 14.6. The molecule has 2 heterocycles. The Kier molecular flexibility index (Phi) is 6.44. The average molecular weight is 426 g/mol. The van der Waals surface area contributed by atoms with Crippen LogP contribution < -0.4 is 5.32 Å². The minimum Gasteiger partial charge on any atom is -0.325 e. The van der Waals surface area contributed by atoms with Crippen molar-refractivity contribution in [2.75, 3.05) is 24.2 Å². The third-order valence-corrected chi connectivity index (χ3v) is 6.00. The highest BCUT2D eigenvalue weighted by Crippen LogP contribution is 2.24. The highest BCUT2D eigenvalue weighted by Gasteiger charge is 2.20. The quantitative estimate of drug-likeness (QED) is 0.579. The SMILES string of the molecule is Cc1ccc(NC(=O)CSc2nnc(CN3CCCC3)n2-c2ccccc2)cc1F. The molecule has 4 rings (SSSR count). The second-order valence-electron chi connectivity index (χ2n) is 7.35. The van der Waals surface area contributed by atoms with E-state index in [1.165, 1.54) is 30.7 Å². The number of aryl methyl sites for hydroxylation is 1. The van der Waals surface area contributed by atoms with Crippen molar-refractivity contribution in [1.82, 2.24) is 19.7 Å². The Hall–Kier alpha value is -2.71. The Morgan fingerprint density at radius 3 is 2.63 bits per heavy atom. The summed E-state index contributed by atoms with van der Waals surface area (Å²) in [5.74, 6) is 0.471. The van der Waals surface area contributed by atoms with Gasteiger partial charge < -0.3 is 5.32 Å². The summed E-state index contributed by atoms with van der Waals surface area (Å²) in [5, 5.41) is 12.2. The third kappa shape index (κ3) is 4.88. The van der Waals surface area contributed by atoms with Crippen molar-refractivity contribution in [3.8, 4) is 5.69 Å². The number of thioether (sulfide) groups is 1. The van der Waals surface area contributed by atoms with Crippen molar-refractivity contribution in [3.05, 3.63) is 65.7 Å². The van der Waals surface area contributed by atoms with E-state index >= 15 is 0 Å². The lowest BCUT2D eigenvalue weighted by molar-refractivity contribution is -0.113. The Morgan fingerprint density at radius 2 is 1.90 bits per heavy atom. The van der Waals surface area contributed by atoms with Gasteiger partial charge in [0.2, 0.25) is 5.91 Å². The molecule has 0 atom stereocenters. The highest BCUT2D eigenvalue weighted by molar-refractivity contribution is 7.99. The van der Waals surface area contributed by atoms with Gasteiger partial charge in [-0.2, -0.15) is 0 Å². The van der Waals surface area contributed by atoms with Crippen molar-refractivity contribution in [2.24, 2.45) is 0 Å². The summed E-state index contributed by atoms with van der Waals surface area (Å²) in [6.45, 7) is 4.56. The van der Waals surface area contributed by atoms with Crippen molar-refractivity contribution in [1.29, 1.82) is 0 Å². The molecule has 0 saturated carbocycles. The molecule has 1 aliphatic rings. The largest absolute Gasteiger partial charge is 0.325 e. The summed E-state index contributed by atoms with van der Waals surface area (Å²) < 4.78 is 15.7. The van der Waals surface area contributed by atoms with E-state index in [0.29, 0.717) is 16.4 Å². The number of rotatable bonds is 7. The van der Waals surface area contributed by atoms with E-state index < -0.39 is 0 Å². The molecule has 0 radical (unpaired) electrons. The predicted octanol–water partition coefficient (Wildman–Crippen LogP) is 4.04. The molecule has 1 aromatic heterocycles. The Balaban J connectivity index is 1.48. The first-order valence-corrected chi connectivity index (χ1v) is 11.0. The number of aromatic nitrogens is 3. The first-order chi connectivity index (χ1) is 14.6. The first kappa shape index (κ1) is 20.6. The number of hydrogen-bond acceptors (Lipinski definition) is 5. The van der Waals surface area contributed by atoms with E-state index in [1.54, 1.807) is 19.1 Å². The van der Waals surface area contributed by atoms with Gasteiger partial charge in [0.1, 0.15) is 5.82 Å². The molecule has 156 valence electrons. The minimum absolute atomic E-state index is 0.157. The minimum atomic E-state index is -0.337. The van der Waals surface area contributed by atoms with E-state index in [1.807, 2.05) is 34.9 Å². The Bertz CT molecular complexity index is 1020. The molecular formula is C22H24FN5OS. The summed E-state index contributed by atoms with van der Waals surface area (Å²) >= 11 is 1.32. The molecule has 3 aromatic rings. The summed E-state index contributed by atoms with van der Waals surface area (Å²) in [5.41, 5.74) is 1.96. The van der Waals surface area contributed by atoms with Gasteiger partial charge >= 0.3 is 0 Å². The topological polar surface area (TPSA) is 63.1 Å². The van der Waals surface area contributed by atoms with E-state index in [9.17, 15) is 9.18 Å². The molecular weight excluding hydrogens is 401 g/mol. The average Bonchev–Trinajstić information content (AvgIpc) is 3.40. The van der Waals surface area contributed by atoms with Gasteiger partial charge in [-0.3, -0.25) is 14.3 Å². The fourth-order valence-corrected chi connectivity index (χ4v) is 4.24. The number of halogens is 1. The smallest absolute Gasteiger partial charge is 0.234 e. The van der Waals surface area contributed by atoms with E-state index in [0.717, 1.165) is 31.1 Å². The zero-order valence-electron chi connectivity index (χ0n) is 16.8. The van der Waals surface area contributed by atoms with Crippen LogP contribution in [0.1, 0.15) is 24.2 Å². The van der Waals surface area contributed by atoms with Crippen LogP contribution in [-0.4, -0.2) is 44.4 Å². The van der Waals surface area contributed by atoms with Crippen LogP contribution in [0.4, 0.5) is 10.1 Å². The van der Waals surface area contributed by atoms with Gasteiger partial charge in [-0.25, -0.2) is 4.39 Å². The molecule has 0 bridgehead atoms. The number of hydrogen-bond donors (Lipinski definition) is 1. The van der Waals surface area contributed by atoms with Crippen LogP contribution >= 0.6 is 11.8 Å². The highest BCUT2D eigenvalue weighted by atomic mass is 32.2. The van der Waals surface area contributed by atoms with Gasteiger partial charge in [0.15, 0.2) is 11.0 Å². The summed E-state index contributed by atoms with van der Waals surface area (Å²) in [4.78, 5) is 14.8. The molecule has 0 unspecified atom stereocenters. The lowest BCUT2D eigenvalue weighted by Crippen LogP contribution is -2.21. The summed E-state index contributed by atoms with van der Waals surface area (Å²) in [7, 11) is 0. The van der Waals surface area contributed by atoms with Crippen molar-refractivity contribution >= 4 is 23.4 Å². The number of amides is 1. The zero-order valence-corrected chi connectivity index (χ0v) is 17.7. The second kappa shape index (κ2) is 9.40. The monoisotopic (exact) mass is 425 g/mol. The van der Waals surface area contributed by atoms with Crippen LogP contribution in [0.5, 0.6) is 0 Å². The van der Waals surface area contributed by atoms with Gasteiger partial charge in [-0.05, 0) is 62.7 Å². The van der Waals surface area contributed by atoms with Crippen LogP contribution in [0.3, 0.4) is 0 Å². The van der Waals surface area contributed by atoms with Crippen LogP contribution in [0.25, 0.3) is 5.69 Å². The number of likely N-dealkylation sites (tertiary alicyclic amines) is 1. The molecule has 2 aromatic carbocycles. The molecule has 1 saturated heterocycles. The maximum absolute atomic E-state index is 13.7. The molecule has 30 heavy (non-hydrogen) atoms. The molecule has 1 N–H and O–H groups in total. The predicted molar refractivity (Wildman–Crippen MR) is 116 cm³/mol. The number of carbonyl (C=O) groups excluding carboxylic acids is 1. The van der Waals surface area contributed by atoms with E-state index in [4.69, 9.17) is 0 Å². The van der Waals surface area contributed by atoms with Gasteiger partial charge in [0.05, 0.1) is 12.3 Å². The molecule has 0 aliphatic carbocycles. The molecule has 0 spiro atoms. The van der Waals surface area contributed by atoms with Crippen LogP contribution in [0.2, 0.25) is 0 Å². The van der Waals surface area contributed by atoms with Crippen LogP contribution in [0.15, 0.2) is 53.7 Å². The molecule has 1 aliphatic heterocycles. The number of benzene rings is 2. The van der Waals surface area contributed by atoms with Gasteiger partial charge in [0, 0.05) is 11.4 Å². The van der Waals surface area contributed by atoms with Crippen LogP contribution in [-0.2, 0) is 11.3 Å². The number of nitrogens with one attached hydrogen (secondary N) is 1. The molecule has 1 amide bonds. The second-order valence-corrected chi connectivity index (χ2v) is 8.30. The van der Waals surface area contributed by atoms with E-state index in [-0.39, 0.29) is 17.5 Å². The normalized spacial score (nSPS) is 14.2. The van der Waals surface area contributed by atoms with Gasteiger partial charge in [-0.15, -0.1) is 10.2 Å². The number of para-hydroxylation sites is 1. The van der Waals surface area contributed by atoms with Crippen molar-refractivity contribution < 1.29 is 9.18 Å². The number of carbonyl (C=O) groups is 1. The van der Waals surface area contributed by atoms with Crippen LogP contribution in [0, 0.1) is 12.7 Å². The van der Waals surface area contributed by atoms with Crippen molar-refractivity contribution in [2.45, 2.75) is 31.5 Å². The molecule has 8 heteroatoms. The fourth-order valence-electron chi connectivity index (χ4n) is 3.47. The maximum Gasteiger partial charge on any atom is 0.234 e. The van der Waals surface area contributed by atoms with Gasteiger partial charge in [-0.1, -0.05) is 36.0 Å². The Labute approximate surface area is 179 Å². The molecule has 6 nitrogen and oxygen atoms in total. The lowest BCUT2D eigenvalue weighted by Gasteiger charge is -2.16. The number of anilines is 1. The standard InChI is InChI=1S/C22H24FN5OS/c1-16-9-10-17(13-19(16)23)24-21(29)15-30-22-26-25-20(14-27-11-5-6-12-27)28(22)18-7-3-2-4-8-18/h2-4,7-10,13H,5-6,11-12,14-15H2,1H3,(H,24,29).